The average Bonchev–Trinajstić information content (AvgIpc) is 3.44. The van der Waals surface area contributed by atoms with Crippen molar-refractivity contribution in [3.63, 3.8) is 0 Å². The summed E-state index contributed by atoms with van der Waals surface area (Å²) in [7, 11) is 0. The summed E-state index contributed by atoms with van der Waals surface area (Å²) in [6.07, 6.45) is -4.31. The number of anilines is 1. The highest BCUT2D eigenvalue weighted by molar-refractivity contribution is 5.97. The third-order valence-electron chi connectivity index (χ3n) is 7.00. The van der Waals surface area contributed by atoms with Gasteiger partial charge in [-0.25, -0.2) is 13.8 Å². The molecule has 0 saturated carbocycles. The first kappa shape index (κ1) is 25.6. The molecule has 5 rings (SSSR count). The topological polar surface area (TPSA) is 96.3 Å². The summed E-state index contributed by atoms with van der Waals surface area (Å²) in [6, 6.07) is 3.28. The molecule has 2 aliphatic heterocycles. The number of nitrogens with zero attached hydrogens (tertiary/aromatic N) is 3. The van der Waals surface area contributed by atoms with Crippen LogP contribution in [0.2, 0.25) is 0 Å². The van der Waals surface area contributed by atoms with Crippen LogP contribution in [0.25, 0.3) is 16.7 Å². The lowest BCUT2D eigenvalue weighted by Crippen LogP contribution is -2.46. The van der Waals surface area contributed by atoms with Gasteiger partial charge in [-0.3, -0.25) is 19.0 Å². The lowest BCUT2D eigenvalue weighted by Gasteiger charge is -2.21. The average molecular weight is 535 g/mol. The predicted molar refractivity (Wildman–Crippen MR) is 127 cm³/mol. The summed E-state index contributed by atoms with van der Waals surface area (Å²) < 4.78 is 69.3. The summed E-state index contributed by atoms with van der Waals surface area (Å²) in [5.41, 5.74) is -1.91. The van der Waals surface area contributed by atoms with Gasteiger partial charge in [0, 0.05) is 37.8 Å². The van der Waals surface area contributed by atoms with Crippen molar-refractivity contribution in [3.05, 3.63) is 63.9 Å². The Kier molecular flexibility index (Phi) is 6.32. The first-order valence-corrected chi connectivity index (χ1v) is 11.9. The molecule has 200 valence electrons. The number of pyridine rings is 2. The quantitative estimate of drug-likeness (QED) is 0.490. The lowest BCUT2D eigenvalue weighted by atomic mass is 10.0. The molecule has 3 atom stereocenters. The van der Waals surface area contributed by atoms with Gasteiger partial charge in [0.15, 0.2) is 5.65 Å². The summed E-state index contributed by atoms with van der Waals surface area (Å²) in [6.45, 7) is 2.63. The Morgan fingerprint density at radius 3 is 2.61 bits per heavy atom. The fourth-order valence-corrected chi connectivity index (χ4v) is 4.97. The van der Waals surface area contributed by atoms with Crippen LogP contribution >= 0.6 is 0 Å². The summed E-state index contributed by atoms with van der Waals surface area (Å²) in [4.78, 5) is 44.5. The number of fused-ring (bicyclic) bond motifs is 2. The van der Waals surface area contributed by atoms with Crippen LogP contribution in [0, 0.1) is 23.5 Å². The fourth-order valence-electron chi connectivity index (χ4n) is 4.97. The van der Waals surface area contributed by atoms with E-state index >= 15 is 0 Å². The molecule has 8 nitrogen and oxygen atoms in total. The van der Waals surface area contributed by atoms with Crippen LogP contribution < -0.4 is 21.0 Å². The molecule has 2 aliphatic rings. The van der Waals surface area contributed by atoms with Crippen LogP contribution in [0.3, 0.4) is 0 Å². The minimum atomic E-state index is -4.75. The number of nitrogens with one attached hydrogen (secondary N) is 2. The van der Waals surface area contributed by atoms with Crippen molar-refractivity contribution >= 4 is 28.7 Å². The Labute approximate surface area is 212 Å². The van der Waals surface area contributed by atoms with Gasteiger partial charge in [-0.1, -0.05) is 6.92 Å². The minimum Gasteiger partial charge on any atom is -0.355 e. The highest BCUT2D eigenvalue weighted by Gasteiger charge is 2.43. The summed E-state index contributed by atoms with van der Waals surface area (Å²) in [5.74, 6) is -3.04. The van der Waals surface area contributed by atoms with Gasteiger partial charge in [0.2, 0.25) is 11.3 Å². The van der Waals surface area contributed by atoms with Crippen LogP contribution in [0.15, 0.2) is 41.3 Å². The van der Waals surface area contributed by atoms with E-state index in [0.717, 1.165) is 22.9 Å². The zero-order chi connectivity index (χ0) is 27.4. The Hall–Kier alpha value is -4.03. The molecular formula is C25H22F5N5O3. The van der Waals surface area contributed by atoms with Gasteiger partial charge in [0.1, 0.15) is 29.1 Å². The third-order valence-corrected chi connectivity index (χ3v) is 7.00. The maximum absolute atomic E-state index is 14.8. The maximum atomic E-state index is 14.8. The van der Waals surface area contributed by atoms with Gasteiger partial charge < -0.3 is 15.5 Å². The van der Waals surface area contributed by atoms with E-state index in [4.69, 9.17) is 0 Å². The van der Waals surface area contributed by atoms with Crippen molar-refractivity contribution in [2.75, 3.05) is 24.5 Å². The first-order valence-electron chi connectivity index (χ1n) is 11.9. The predicted octanol–water partition coefficient (Wildman–Crippen LogP) is 2.92. The highest BCUT2D eigenvalue weighted by atomic mass is 19.4. The molecule has 1 aromatic carbocycles. The molecule has 3 aromatic rings. The fraction of sp³-hybridized carbons (Fsp3) is 0.360. The van der Waals surface area contributed by atoms with Gasteiger partial charge >= 0.3 is 6.18 Å². The number of carbonyl (C=O) groups excluding carboxylic acids is 2. The molecule has 3 unspecified atom stereocenters. The number of aromatic nitrogens is 2. The van der Waals surface area contributed by atoms with E-state index in [-0.39, 0.29) is 34.5 Å². The Bertz CT molecular complexity index is 1510. The van der Waals surface area contributed by atoms with Crippen molar-refractivity contribution < 1.29 is 31.5 Å². The molecule has 2 amide bonds. The van der Waals surface area contributed by atoms with E-state index in [1.165, 1.54) is 19.1 Å². The van der Waals surface area contributed by atoms with Gasteiger partial charge in [0.05, 0.1) is 17.0 Å². The van der Waals surface area contributed by atoms with Gasteiger partial charge in [-0.2, -0.15) is 13.2 Å². The molecule has 0 bridgehead atoms. The lowest BCUT2D eigenvalue weighted by molar-refractivity contribution is -0.153. The normalized spacial score (nSPS) is 19.9. The second kappa shape index (κ2) is 9.37. The van der Waals surface area contributed by atoms with Gasteiger partial charge in [0.25, 0.3) is 5.91 Å². The molecule has 4 heterocycles. The van der Waals surface area contributed by atoms with E-state index in [1.54, 1.807) is 0 Å². The summed E-state index contributed by atoms with van der Waals surface area (Å²) >= 11 is 0. The van der Waals surface area contributed by atoms with Crippen LogP contribution in [-0.4, -0.2) is 53.2 Å². The van der Waals surface area contributed by atoms with Crippen molar-refractivity contribution in [2.24, 2.45) is 11.8 Å². The van der Waals surface area contributed by atoms with E-state index < -0.39 is 47.2 Å². The second-order valence-corrected chi connectivity index (χ2v) is 9.37. The number of halogens is 5. The molecule has 2 fully saturated rings. The first-order chi connectivity index (χ1) is 18.0. The molecule has 2 saturated heterocycles. The molecule has 2 aromatic heterocycles. The Morgan fingerprint density at radius 1 is 1.18 bits per heavy atom. The second-order valence-electron chi connectivity index (χ2n) is 9.37. The van der Waals surface area contributed by atoms with Crippen molar-refractivity contribution in [1.82, 2.24) is 20.2 Å². The monoisotopic (exact) mass is 535 g/mol. The van der Waals surface area contributed by atoms with Crippen LogP contribution in [0.4, 0.5) is 27.8 Å². The van der Waals surface area contributed by atoms with E-state index in [9.17, 15) is 36.3 Å². The smallest absolute Gasteiger partial charge is 0.355 e. The third kappa shape index (κ3) is 4.45. The maximum Gasteiger partial charge on any atom is 0.408 e. The zero-order valence-electron chi connectivity index (χ0n) is 20.0. The van der Waals surface area contributed by atoms with Crippen LogP contribution in [-0.2, 0) is 4.79 Å². The molecule has 2 N–H and O–H groups in total. The number of alkyl halides is 3. The van der Waals surface area contributed by atoms with E-state index in [0.29, 0.717) is 31.5 Å². The van der Waals surface area contributed by atoms with Crippen molar-refractivity contribution in [1.29, 1.82) is 0 Å². The number of hydrogen-bond acceptors (Lipinski definition) is 5. The Balaban J connectivity index is 1.64. The molecule has 0 radical (unpaired) electrons. The largest absolute Gasteiger partial charge is 0.408 e. The highest BCUT2D eigenvalue weighted by Crippen LogP contribution is 2.31. The van der Waals surface area contributed by atoms with E-state index in [2.05, 4.69) is 10.3 Å². The standard InChI is InChI=1S/C25H22F5N5O3/c1-2-19(25(28,29)30)32-24(38)16-11-35(18-5-3-13(26)7-17(18)27)22-14(21(16)36)4-6-20(33-22)34-9-12-8-31-23(37)15(12)10-34/h3-7,11-12,15,19H,2,8-10H2,1H3,(H,31,37)(H,32,38). The number of rotatable bonds is 5. The van der Waals surface area contributed by atoms with Crippen molar-refractivity contribution in [3.8, 4) is 5.69 Å². The molecule has 0 aliphatic carbocycles. The molecular weight excluding hydrogens is 513 g/mol. The van der Waals surface area contributed by atoms with Gasteiger partial charge in [-0.05, 0) is 30.7 Å². The number of amides is 2. The van der Waals surface area contributed by atoms with Crippen molar-refractivity contribution in [2.45, 2.75) is 25.6 Å². The molecule has 38 heavy (non-hydrogen) atoms. The number of carbonyl (C=O) groups is 2. The molecule has 0 spiro atoms. The zero-order valence-corrected chi connectivity index (χ0v) is 20.0. The Morgan fingerprint density at radius 2 is 1.95 bits per heavy atom. The minimum absolute atomic E-state index is 0.0662. The van der Waals surface area contributed by atoms with Crippen LogP contribution in [0.1, 0.15) is 23.7 Å². The van der Waals surface area contributed by atoms with Gasteiger partial charge in [-0.15, -0.1) is 0 Å². The van der Waals surface area contributed by atoms with Crippen LogP contribution in [0.5, 0.6) is 0 Å². The SMILES string of the molecule is CCC(NC(=O)c1cn(-c2ccc(F)cc2F)c2nc(N3CC4CNC(=O)C4C3)ccc2c1=O)C(F)(F)F. The van der Waals surface area contributed by atoms with E-state index in [1.807, 2.05) is 10.2 Å². The summed E-state index contributed by atoms with van der Waals surface area (Å²) in [5, 5.41) is 4.47. The number of hydrogen-bond donors (Lipinski definition) is 2. The molecule has 13 heteroatoms. The number of benzene rings is 1.